The Morgan fingerprint density at radius 2 is 2.20 bits per heavy atom. The first kappa shape index (κ1) is 15.5. The molecule has 1 N–H and O–H groups in total. The second-order valence-corrected chi connectivity index (χ2v) is 6.25. The van der Waals surface area contributed by atoms with Gasteiger partial charge >= 0.3 is 0 Å². The quantitative estimate of drug-likeness (QED) is 0.751. The number of rotatable bonds is 6. The van der Waals surface area contributed by atoms with Gasteiger partial charge in [0.15, 0.2) is 0 Å². The molecule has 0 radical (unpaired) electrons. The molecule has 4 heteroatoms. The second-order valence-electron chi connectivity index (χ2n) is 6.25. The number of hydrogen-bond acceptors (Lipinski definition) is 3. The lowest BCUT2D eigenvalue weighted by molar-refractivity contribution is -0.132. The van der Waals surface area contributed by atoms with Gasteiger partial charge in [-0.05, 0) is 52.6 Å². The number of nitrogens with zero attached hydrogens (tertiary/aromatic N) is 2. The van der Waals surface area contributed by atoms with Gasteiger partial charge in [-0.25, -0.2) is 0 Å². The molecule has 114 valence electrons. The topological polar surface area (TPSA) is 35.6 Å². The molecule has 2 aliphatic heterocycles. The van der Waals surface area contributed by atoms with Gasteiger partial charge in [0.2, 0.25) is 5.91 Å². The Morgan fingerprint density at radius 3 is 2.80 bits per heavy atom. The largest absolute Gasteiger partial charge is 0.338 e. The highest BCUT2D eigenvalue weighted by atomic mass is 16.2. The minimum absolute atomic E-state index is 0.250. The van der Waals surface area contributed by atoms with Crippen molar-refractivity contribution in [2.45, 2.75) is 51.6 Å². The zero-order chi connectivity index (χ0) is 14.5. The molecule has 2 rings (SSSR count). The van der Waals surface area contributed by atoms with E-state index in [2.05, 4.69) is 16.8 Å². The van der Waals surface area contributed by atoms with Gasteiger partial charge in [-0.2, -0.15) is 0 Å². The third-order valence-electron chi connectivity index (χ3n) is 4.51. The van der Waals surface area contributed by atoms with Gasteiger partial charge in [-0.3, -0.25) is 9.69 Å². The van der Waals surface area contributed by atoms with E-state index in [0.29, 0.717) is 25.2 Å². The number of carbonyl (C=O) groups excluding carboxylic acids is 1. The summed E-state index contributed by atoms with van der Waals surface area (Å²) in [6, 6.07) is 1.16. The number of amides is 1. The van der Waals surface area contributed by atoms with E-state index >= 15 is 0 Å². The van der Waals surface area contributed by atoms with E-state index < -0.39 is 0 Å². The molecule has 20 heavy (non-hydrogen) atoms. The molecule has 2 fully saturated rings. The Bertz CT molecular complexity index is 350. The zero-order valence-electron chi connectivity index (χ0n) is 13.0. The van der Waals surface area contributed by atoms with E-state index in [-0.39, 0.29) is 5.91 Å². The van der Waals surface area contributed by atoms with Gasteiger partial charge in [0.25, 0.3) is 0 Å². The highest BCUT2D eigenvalue weighted by molar-refractivity contribution is 5.78. The smallest absolute Gasteiger partial charge is 0.237 e. The molecule has 0 aromatic heterocycles. The summed E-state index contributed by atoms with van der Waals surface area (Å²) in [5, 5.41) is 3.60. The van der Waals surface area contributed by atoms with Crippen LogP contribution in [-0.2, 0) is 4.79 Å². The molecular formula is C16H29N3O. The van der Waals surface area contributed by atoms with Crippen molar-refractivity contribution in [1.82, 2.24) is 15.1 Å². The van der Waals surface area contributed by atoms with Crippen molar-refractivity contribution in [3.63, 3.8) is 0 Å². The van der Waals surface area contributed by atoms with Crippen molar-refractivity contribution in [2.24, 2.45) is 0 Å². The first-order valence-corrected chi connectivity index (χ1v) is 8.01. The summed E-state index contributed by atoms with van der Waals surface area (Å²) in [5.41, 5.74) is 1.05. The monoisotopic (exact) mass is 279 g/mol. The third kappa shape index (κ3) is 3.83. The van der Waals surface area contributed by atoms with Crippen molar-refractivity contribution in [3.05, 3.63) is 12.2 Å². The number of nitrogens with one attached hydrogen (secondary N) is 1. The molecule has 0 aromatic rings. The van der Waals surface area contributed by atoms with E-state index in [0.717, 1.165) is 25.2 Å². The van der Waals surface area contributed by atoms with Crippen LogP contribution in [0.2, 0.25) is 0 Å². The molecule has 2 unspecified atom stereocenters. The van der Waals surface area contributed by atoms with Gasteiger partial charge in [0.05, 0.1) is 6.54 Å². The van der Waals surface area contributed by atoms with Crippen molar-refractivity contribution < 1.29 is 4.79 Å². The molecule has 2 saturated heterocycles. The van der Waals surface area contributed by atoms with E-state index in [9.17, 15) is 4.79 Å². The molecule has 0 aliphatic carbocycles. The Balaban J connectivity index is 1.90. The summed E-state index contributed by atoms with van der Waals surface area (Å²) in [6.45, 7) is 12.2. The van der Waals surface area contributed by atoms with Crippen LogP contribution >= 0.6 is 0 Å². The molecule has 4 nitrogen and oxygen atoms in total. The van der Waals surface area contributed by atoms with Gasteiger partial charge in [0.1, 0.15) is 0 Å². The van der Waals surface area contributed by atoms with Crippen molar-refractivity contribution >= 4 is 5.91 Å². The van der Waals surface area contributed by atoms with E-state index in [1.54, 1.807) is 0 Å². The summed E-state index contributed by atoms with van der Waals surface area (Å²) in [5.74, 6) is 0.250. The molecule has 0 spiro atoms. The highest BCUT2D eigenvalue weighted by Crippen LogP contribution is 2.24. The minimum atomic E-state index is 0.250. The molecule has 0 saturated carbocycles. The van der Waals surface area contributed by atoms with Crippen LogP contribution in [0.15, 0.2) is 12.2 Å². The average molecular weight is 279 g/mol. The molecular weight excluding hydrogens is 250 g/mol. The minimum Gasteiger partial charge on any atom is -0.338 e. The first-order valence-electron chi connectivity index (χ1n) is 8.01. The first-order chi connectivity index (χ1) is 9.61. The van der Waals surface area contributed by atoms with Crippen LogP contribution in [0.3, 0.4) is 0 Å². The van der Waals surface area contributed by atoms with Gasteiger partial charge < -0.3 is 10.2 Å². The van der Waals surface area contributed by atoms with Gasteiger partial charge in [-0.1, -0.05) is 12.2 Å². The normalized spacial score (nSPS) is 26.9. The van der Waals surface area contributed by atoms with Crippen molar-refractivity contribution in [2.75, 3.05) is 32.7 Å². The Morgan fingerprint density at radius 1 is 1.40 bits per heavy atom. The summed E-state index contributed by atoms with van der Waals surface area (Å²) < 4.78 is 0. The van der Waals surface area contributed by atoms with Crippen LogP contribution in [0.25, 0.3) is 0 Å². The van der Waals surface area contributed by atoms with Crippen LogP contribution in [0, 0.1) is 0 Å². The summed E-state index contributed by atoms with van der Waals surface area (Å²) in [6.07, 6.45) is 5.00. The van der Waals surface area contributed by atoms with Crippen LogP contribution in [0.5, 0.6) is 0 Å². The fraction of sp³-hybridized carbons (Fsp3) is 0.812. The lowest BCUT2D eigenvalue weighted by Crippen LogP contribution is -2.48. The molecule has 2 heterocycles. The van der Waals surface area contributed by atoms with Gasteiger partial charge in [0, 0.05) is 25.2 Å². The van der Waals surface area contributed by atoms with Crippen molar-refractivity contribution in [1.29, 1.82) is 0 Å². The Labute approximate surface area is 123 Å². The zero-order valence-corrected chi connectivity index (χ0v) is 13.0. The predicted octanol–water partition coefficient (Wildman–Crippen LogP) is 1.63. The second kappa shape index (κ2) is 7.23. The van der Waals surface area contributed by atoms with Crippen LogP contribution in [0.1, 0.15) is 39.5 Å². The number of likely N-dealkylation sites (N-methyl/N-ethyl adjacent to an activating group) is 1. The van der Waals surface area contributed by atoms with E-state index in [4.69, 9.17) is 0 Å². The van der Waals surface area contributed by atoms with Crippen LogP contribution < -0.4 is 5.32 Å². The number of carbonyl (C=O) groups is 1. The standard InChI is InChI=1S/C16H29N3O/c1-4-18(11-13(2)3)16(20)12-19-10-6-8-15(19)14-7-5-9-17-14/h14-15,17H,2,4-12H2,1,3H3. The molecule has 2 atom stereocenters. The average Bonchev–Trinajstić information content (AvgIpc) is 3.05. The molecule has 2 aliphatic rings. The van der Waals surface area contributed by atoms with E-state index in [1.165, 1.54) is 25.7 Å². The maximum atomic E-state index is 12.4. The van der Waals surface area contributed by atoms with Gasteiger partial charge in [-0.15, -0.1) is 0 Å². The molecule has 0 bridgehead atoms. The molecule has 0 aromatic carbocycles. The number of likely N-dealkylation sites (tertiary alicyclic amines) is 1. The number of hydrogen-bond donors (Lipinski definition) is 1. The molecule has 1 amide bonds. The summed E-state index contributed by atoms with van der Waals surface area (Å²) in [7, 11) is 0. The lowest BCUT2D eigenvalue weighted by atomic mass is 10.0. The predicted molar refractivity (Wildman–Crippen MR) is 82.7 cm³/mol. The fourth-order valence-corrected chi connectivity index (χ4v) is 3.52. The lowest BCUT2D eigenvalue weighted by Gasteiger charge is -2.31. The Hall–Kier alpha value is -0.870. The van der Waals surface area contributed by atoms with E-state index in [1.807, 2.05) is 18.7 Å². The fourth-order valence-electron chi connectivity index (χ4n) is 3.52. The highest BCUT2D eigenvalue weighted by Gasteiger charge is 2.34. The third-order valence-corrected chi connectivity index (χ3v) is 4.51. The summed E-state index contributed by atoms with van der Waals surface area (Å²) >= 11 is 0. The summed E-state index contributed by atoms with van der Waals surface area (Å²) in [4.78, 5) is 16.8. The van der Waals surface area contributed by atoms with Crippen molar-refractivity contribution in [3.8, 4) is 0 Å². The Kier molecular flexibility index (Phi) is 5.61. The maximum absolute atomic E-state index is 12.4. The van der Waals surface area contributed by atoms with Crippen LogP contribution in [0.4, 0.5) is 0 Å². The maximum Gasteiger partial charge on any atom is 0.237 e. The SMILES string of the molecule is C=C(C)CN(CC)C(=O)CN1CCCC1C1CCCN1. The van der Waals surface area contributed by atoms with Crippen LogP contribution in [-0.4, -0.2) is 60.5 Å².